The molecule has 22 heavy (non-hydrogen) atoms. The first-order chi connectivity index (χ1) is 10.7. The predicted octanol–water partition coefficient (Wildman–Crippen LogP) is 2.93. The van der Waals surface area contributed by atoms with Gasteiger partial charge in [-0.05, 0) is 31.6 Å². The van der Waals surface area contributed by atoms with Gasteiger partial charge in [0, 0.05) is 19.1 Å². The summed E-state index contributed by atoms with van der Waals surface area (Å²) in [5.41, 5.74) is 0. The van der Waals surface area contributed by atoms with Crippen LogP contribution < -0.4 is 10.2 Å². The number of hydrogen-bond donors (Lipinski definition) is 1. The van der Waals surface area contributed by atoms with Crippen LogP contribution in [0.5, 0.6) is 0 Å². The second kappa shape index (κ2) is 7.64. The number of hydrogen-bond acceptors (Lipinski definition) is 6. The maximum absolute atomic E-state index is 12.1. The highest BCUT2D eigenvalue weighted by Crippen LogP contribution is 2.30. The summed E-state index contributed by atoms with van der Waals surface area (Å²) in [5.74, 6) is 1.17. The third kappa shape index (κ3) is 4.13. The van der Waals surface area contributed by atoms with Crippen LogP contribution in [-0.2, 0) is 4.79 Å². The number of rotatable bonds is 5. The van der Waals surface area contributed by atoms with Crippen molar-refractivity contribution in [3.8, 4) is 0 Å². The first kappa shape index (κ1) is 16.1. The van der Waals surface area contributed by atoms with E-state index in [-0.39, 0.29) is 5.91 Å². The minimum atomic E-state index is 0.127. The maximum atomic E-state index is 12.1. The monoisotopic (exact) mass is 340 g/mol. The highest BCUT2D eigenvalue weighted by atomic mass is 32.2. The summed E-state index contributed by atoms with van der Waals surface area (Å²) >= 11 is 3.11. The van der Waals surface area contributed by atoms with E-state index in [0.29, 0.717) is 17.7 Å². The number of nitrogens with one attached hydrogen (secondary N) is 1. The van der Waals surface area contributed by atoms with Crippen LogP contribution in [0.25, 0.3) is 0 Å². The van der Waals surface area contributed by atoms with Crippen molar-refractivity contribution < 1.29 is 4.79 Å². The van der Waals surface area contributed by atoms with Gasteiger partial charge in [0.25, 0.3) is 0 Å². The lowest BCUT2D eigenvalue weighted by molar-refractivity contribution is -0.119. The van der Waals surface area contributed by atoms with Crippen LogP contribution in [-0.4, -0.2) is 41.0 Å². The Morgan fingerprint density at radius 1 is 1.27 bits per heavy atom. The second-order valence-electron chi connectivity index (χ2n) is 6.27. The van der Waals surface area contributed by atoms with Crippen molar-refractivity contribution in [2.75, 3.05) is 23.7 Å². The van der Waals surface area contributed by atoms with Crippen LogP contribution in [0, 0.1) is 5.92 Å². The van der Waals surface area contributed by atoms with E-state index in [1.54, 1.807) is 11.3 Å². The van der Waals surface area contributed by atoms with Gasteiger partial charge >= 0.3 is 0 Å². The maximum Gasteiger partial charge on any atom is 0.230 e. The van der Waals surface area contributed by atoms with Gasteiger partial charge in [0.05, 0.1) is 5.75 Å². The number of amides is 1. The molecule has 0 radical (unpaired) electrons. The number of anilines is 1. The molecular formula is C15H24N4OS2. The molecule has 122 valence electrons. The third-order valence-corrected chi connectivity index (χ3v) is 6.67. The van der Waals surface area contributed by atoms with E-state index in [1.807, 2.05) is 0 Å². The Morgan fingerprint density at radius 2 is 2.05 bits per heavy atom. The highest BCUT2D eigenvalue weighted by molar-refractivity contribution is 8.01. The predicted molar refractivity (Wildman–Crippen MR) is 91.6 cm³/mol. The van der Waals surface area contributed by atoms with Gasteiger partial charge in [-0.2, -0.15) is 0 Å². The molecule has 2 heterocycles. The third-order valence-electron chi connectivity index (χ3n) is 4.56. The lowest BCUT2D eigenvalue weighted by Crippen LogP contribution is -2.41. The van der Waals surface area contributed by atoms with E-state index < -0.39 is 0 Å². The minimum Gasteiger partial charge on any atom is -0.352 e. The lowest BCUT2D eigenvalue weighted by atomic mass is 9.86. The molecule has 1 aromatic rings. The molecule has 1 amide bonds. The van der Waals surface area contributed by atoms with Gasteiger partial charge in [0.2, 0.25) is 11.0 Å². The summed E-state index contributed by atoms with van der Waals surface area (Å²) < 4.78 is 0.897. The van der Waals surface area contributed by atoms with Gasteiger partial charge in [-0.1, -0.05) is 42.9 Å². The summed E-state index contributed by atoms with van der Waals surface area (Å²) in [6, 6.07) is 0.358. The van der Waals surface area contributed by atoms with Crippen LogP contribution in [0.15, 0.2) is 4.34 Å². The van der Waals surface area contributed by atoms with E-state index >= 15 is 0 Å². The van der Waals surface area contributed by atoms with Crippen molar-refractivity contribution in [3.05, 3.63) is 0 Å². The van der Waals surface area contributed by atoms with E-state index in [4.69, 9.17) is 0 Å². The topological polar surface area (TPSA) is 58.1 Å². The Kier molecular flexibility index (Phi) is 5.57. The standard InChI is InChI=1S/C15H24N4OS2/c1-11-6-2-3-7-12(11)16-13(20)10-21-15-18-17-14(22-15)19-8-4-5-9-19/h11-12H,2-10H2,1H3,(H,16,20)/t11-,12-/m0/s1. The van der Waals surface area contributed by atoms with Gasteiger partial charge in [-0.25, -0.2) is 0 Å². The zero-order valence-corrected chi connectivity index (χ0v) is 14.7. The van der Waals surface area contributed by atoms with Crippen molar-refractivity contribution in [3.63, 3.8) is 0 Å². The van der Waals surface area contributed by atoms with E-state index in [1.165, 1.54) is 43.9 Å². The zero-order chi connectivity index (χ0) is 15.4. The molecule has 5 nitrogen and oxygen atoms in total. The zero-order valence-electron chi connectivity index (χ0n) is 13.1. The number of aromatic nitrogens is 2. The molecule has 1 saturated carbocycles. The van der Waals surface area contributed by atoms with Crippen LogP contribution >= 0.6 is 23.1 Å². The van der Waals surface area contributed by atoms with Crippen molar-refractivity contribution >= 4 is 34.1 Å². The van der Waals surface area contributed by atoms with Gasteiger partial charge in [-0.15, -0.1) is 10.2 Å². The number of carbonyl (C=O) groups excluding carboxylic acids is 1. The van der Waals surface area contributed by atoms with Crippen molar-refractivity contribution in [1.29, 1.82) is 0 Å². The summed E-state index contributed by atoms with van der Waals surface area (Å²) in [4.78, 5) is 14.4. The normalized spacial score (nSPS) is 25.4. The molecule has 0 spiro atoms. The van der Waals surface area contributed by atoms with Gasteiger partial charge < -0.3 is 10.2 Å². The SMILES string of the molecule is C[C@H]1CCCC[C@@H]1NC(=O)CSc1nnc(N2CCCC2)s1. The molecule has 1 aromatic heterocycles. The molecule has 2 aliphatic rings. The molecule has 1 aliphatic carbocycles. The fraction of sp³-hybridized carbons (Fsp3) is 0.800. The first-order valence-electron chi connectivity index (χ1n) is 8.23. The Bertz CT molecular complexity index is 501. The van der Waals surface area contributed by atoms with Crippen molar-refractivity contribution in [2.45, 2.75) is 55.8 Å². The molecule has 2 atom stereocenters. The van der Waals surface area contributed by atoms with Gasteiger partial charge in [0.1, 0.15) is 0 Å². The Balaban J connectivity index is 1.44. The summed E-state index contributed by atoms with van der Waals surface area (Å²) in [7, 11) is 0. The lowest BCUT2D eigenvalue weighted by Gasteiger charge is -2.29. The largest absolute Gasteiger partial charge is 0.352 e. The molecule has 0 unspecified atom stereocenters. The number of nitrogens with zero attached hydrogens (tertiary/aromatic N) is 3. The smallest absolute Gasteiger partial charge is 0.230 e. The van der Waals surface area contributed by atoms with Crippen LogP contribution in [0.1, 0.15) is 45.4 Å². The average molecular weight is 341 g/mol. The van der Waals surface area contributed by atoms with Crippen LogP contribution in [0.2, 0.25) is 0 Å². The molecule has 2 fully saturated rings. The summed E-state index contributed by atoms with van der Waals surface area (Å²) in [6.45, 7) is 4.41. The summed E-state index contributed by atoms with van der Waals surface area (Å²) in [5, 5.41) is 12.6. The number of carbonyl (C=O) groups is 1. The molecule has 1 N–H and O–H groups in total. The fourth-order valence-electron chi connectivity index (χ4n) is 3.20. The van der Waals surface area contributed by atoms with Crippen molar-refractivity contribution in [1.82, 2.24) is 15.5 Å². The Morgan fingerprint density at radius 3 is 2.82 bits per heavy atom. The van der Waals surface area contributed by atoms with Crippen LogP contribution in [0.4, 0.5) is 5.13 Å². The first-order valence-corrected chi connectivity index (χ1v) is 10.0. The molecule has 0 bridgehead atoms. The van der Waals surface area contributed by atoms with Gasteiger partial charge in [0.15, 0.2) is 4.34 Å². The second-order valence-corrected chi connectivity index (χ2v) is 8.45. The molecule has 7 heteroatoms. The molecule has 1 aliphatic heterocycles. The highest BCUT2D eigenvalue weighted by Gasteiger charge is 2.23. The summed E-state index contributed by atoms with van der Waals surface area (Å²) in [6.07, 6.45) is 7.36. The minimum absolute atomic E-state index is 0.127. The average Bonchev–Trinajstić information content (AvgIpc) is 3.18. The van der Waals surface area contributed by atoms with Crippen molar-refractivity contribution in [2.24, 2.45) is 5.92 Å². The fourth-order valence-corrected chi connectivity index (χ4v) is 4.91. The molecule has 1 saturated heterocycles. The van der Waals surface area contributed by atoms with Crippen LogP contribution in [0.3, 0.4) is 0 Å². The Labute approximate surface area is 140 Å². The molecule has 3 rings (SSSR count). The molecule has 0 aromatic carbocycles. The van der Waals surface area contributed by atoms with Gasteiger partial charge in [-0.3, -0.25) is 4.79 Å². The van der Waals surface area contributed by atoms with E-state index in [2.05, 4.69) is 27.3 Å². The number of thioether (sulfide) groups is 1. The quantitative estimate of drug-likeness (QED) is 0.835. The Hall–Kier alpha value is -0.820. The van der Waals surface area contributed by atoms with E-state index in [0.717, 1.165) is 29.0 Å². The van der Waals surface area contributed by atoms with E-state index in [9.17, 15) is 4.79 Å². The molecular weight excluding hydrogens is 316 g/mol.